The molecule has 0 atom stereocenters. The smallest absolute Gasteiger partial charge is 0.261 e. The maximum atomic E-state index is 12.3. The summed E-state index contributed by atoms with van der Waals surface area (Å²) in [4.78, 5) is 0.0999. The summed E-state index contributed by atoms with van der Waals surface area (Å²) in [5, 5.41) is 0. The van der Waals surface area contributed by atoms with Crippen LogP contribution in [0.3, 0.4) is 0 Å². The Morgan fingerprint density at radius 1 is 0.826 bits per heavy atom. The average molecular weight is 353 g/mol. The van der Waals surface area contributed by atoms with E-state index in [2.05, 4.69) is 11.6 Å². The van der Waals surface area contributed by atoms with Gasteiger partial charge in [0.2, 0.25) is 0 Å². The van der Waals surface area contributed by atoms with Crippen molar-refractivity contribution in [3.05, 3.63) is 54.1 Å². The van der Waals surface area contributed by atoms with Crippen molar-refractivity contribution in [2.75, 3.05) is 11.0 Å². The van der Waals surface area contributed by atoms with Gasteiger partial charge < -0.3 is 0 Å². The molecule has 0 aliphatic rings. The van der Waals surface area contributed by atoms with Gasteiger partial charge in [0.1, 0.15) is 0 Å². The van der Waals surface area contributed by atoms with Gasteiger partial charge >= 0.3 is 0 Å². The number of sulfonamides is 1. The number of nitrogens with one attached hydrogen (secondary N) is 1. The summed E-state index contributed by atoms with van der Waals surface area (Å²) in [6.45, 7) is 2.08. The molecule has 0 bridgehead atoms. The van der Waals surface area contributed by atoms with Crippen molar-refractivity contribution in [3.8, 4) is 0 Å². The maximum Gasteiger partial charge on any atom is 0.261 e. The van der Waals surface area contributed by atoms with Gasteiger partial charge in [0.15, 0.2) is 9.84 Å². The Hall–Kier alpha value is -1.86. The third-order valence-electron chi connectivity index (χ3n) is 3.31. The van der Waals surface area contributed by atoms with Crippen molar-refractivity contribution in [2.45, 2.75) is 29.6 Å². The van der Waals surface area contributed by atoms with Crippen LogP contribution in [0.25, 0.3) is 0 Å². The zero-order valence-electron chi connectivity index (χ0n) is 13.0. The molecule has 0 aromatic heterocycles. The van der Waals surface area contributed by atoms with Crippen LogP contribution in [0.4, 0.5) is 5.69 Å². The van der Waals surface area contributed by atoms with Gasteiger partial charge in [0.25, 0.3) is 10.0 Å². The van der Waals surface area contributed by atoms with Gasteiger partial charge in [-0.1, -0.05) is 25.5 Å². The molecular formula is C16H19NO4S2. The summed E-state index contributed by atoms with van der Waals surface area (Å²) in [7, 11) is -7.10. The minimum absolute atomic E-state index is 0.0162. The molecule has 1 N–H and O–H groups in total. The van der Waals surface area contributed by atoms with Crippen LogP contribution in [0.5, 0.6) is 0 Å². The lowest BCUT2D eigenvalue weighted by molar-refractivity contribution is 0.597. The highest BCUT2D eigenvalue weighted by Gasteiger charge is 2.15. The van der Waals surface area contributed by atoms with Crippen molar-refractivity contribution in [1.82, 2.24) is 0 Å². The van der Waals surface area contributed by atoms with E-state index in [0.29, 0.717) is 5.69 Å². The van der Waals surface area contributed by atoms with Crippen LogP contribution in [-0.2, 0) is 26.3 Å². The first kappa shape index (κ1) is 17.5. The minimum Gasteiger partial charge on any atom is -0.280 e. The van der Waals surface area contributed by atoms with E-state index in [4.69, 9.17) is 0 Å². The average Bonchev–Trinajstić information content (AvgIpc) is 2.48. The molecule has 0 saturated carbocycles. The molecule has 7 heteroatoms. The van der Waals surface area contributed by atoms with E-state index in [0.717, 1.165) is 24.7 Å². The Kier molecular flexibility index (Phi) is 5.11. The third kappa shape index (κ3) is 4.56. The van der Waals surface area contributed by atoms with E-state index in [1.54, 1.807) is 12.1 Å². The first-order valence-electron chi connectivity index (χ1n) is 7.14. The second-order valence-corrected chi connectivity index (χ2v) is 8.99. The molecule has 124 valence electrons. The van der Waals surface area contributed by atoms with Crippen LogP contribution in [0, 0.1) is 0 Å². The van der Waals surface area contributed by atoms with Crippen LogP contribution in [-0.4, -0.2) is 23.1 Å². The Balaban J connectivity index is 2.21. The first-order chi connectivity index (χ1) is 10.7. The van der Waals surface area contributed by atoms with E-state index in [9.17, 15) is 16.8 Å². The van der Waals surface area contributed by atoms with Gasteiger partial charge in [-0.25, -0.2) is 16.8 Å². The van der Waals surface area contributed by atoms with Gasteiger partial charge in [-0.2, -0.15) is 0 Å². The van der Waals surface area contributed by atoms with Crippen molar-refractivity contribution >= 4 is 25.5 Å². The molecule has 0 aliphatic heterocycles. The molecular weight excluding hydrogens is 334 g/mol. The van der Waals surface area contributed by atoms with Gasteiger partial charge in [0.05, 0.1) is 9.79 Å². The Labute approximate surface area is 137 Å². The lowest BCUT2D eigenvalue weighted by Gasteiger charge is -2.09. The van der Waals surface area contributed by atoms with E-state index in [-0.39, 0.29) is 9.79 Å². The zero-order chi connectivity index (χ0) is 17.1. The lowest BCUT2D eigenvalue weighted by atomic mass is 10.1. The number of benzene rings is 2. The largest absolute Gasteiger partial charge is 0.280 e. The van der Waals surface area contributed by atoms with Crippen LogP contribution < -0.4 is 4.72 Å². The monoisotopic (exact) mass is 353 g/mol. The van der Waals surface area contributed by atoms with E-state index in [1.807, 2.05) is 12.1 Å². The van der Waals surface area contributed by atoms with Crippen LogP contribution >= 0.6 is 0 Å². The highest BCUT2D eigenvalue weighted by molar-refractivity contribution is 7.92. The fraction of sp³-hybridized carbons (Fsp3) is 0.250. The molecule has 2 aromatic rings. The maximum absolute atomic E-state index is 12.3. The van der Waals surface area contributed by atoms with Crippen molar-refractivity contribution in [1.29, 1.82) is 0 Å². The number of hydrogen-bond acceptors (Lipinski definition) is 4. The standard InChI is InChI=1S/C16H19NO4S2/c1-3-4-13-5-7-14(8-6-13)17-23(20,21)16-11-9-15(10-12-16)22(2,18)19/h5-12,17H,3-4H2,1-2H3. The molecule has 0 heterocycles. The molecule has 0 unspecified atom stereocenters. The molecule has 0 amide bonds. The van der Waals surface area contributed by atoms with Gasteiger partial charge in [-0.05, 0) is 48.4 Å². The molecule has 0 aliphatic carbocycles. The summed E-state index contributed by atoms with van der Waals surface area (Å²) < 4.78 is 49.9. The van der Waals surface area contributed by atoms with Crippen molar-refractivity contribution in [3.63, 3.8) is 0 Å². The fourth-order valence-electron chi connectivity index (χ4n) is 2.11. The predicted octanol–water partition coefficient (Wildman–Crippen LogP) is 2.84. The second kappa shape index (κ2) is 6.72. The SMILES string of the molecule is CCCc1ccc(NS(=O)(=O)c2ccc(S(C)(=O)=O)cc2)cc1. The second-order valence-electron chi connectivity index (χ2n) is 5.30. The highest BCUT2D eigenvalue weighted by atomic mass is 32.2. The van der Waals surface area contributed by atoms with Crippen molar-refractivity contribution in [2.24, 2.45) is 0 Å². The predicted molar refractivity (Wildman–Crippen MR) is 90.8 cm³/mol. The van der Waals surface area contributed by atoms with Crippen molar-refractivity contribution < 1.29 is 16.8 Å². The number of sulfone groups is 1. The number of anilines is 1. The summed E-state index contributed by atoms with van der Waals surface area (Å²) in [5.41, 5.74) is 1.62. The van der Waals surface area contributed by atoms with Gasteiger partial charge in [-0.3, -0.25) is 4.72 Å². The van der Waals surface area contributed by atoms with Crippen LogP contribution in [0.1, 0.15) is 18.9 Å². The molecule has 0 fully saturated rings. The Morgan fingerprint density at radius 3 is 1.83 bits per heavy atom. The quantitative estimate of drug-likeness (QED) is 0.866. The minimum atomic E-state index is -3.75. The number of aryl methyl sites for hydroxylation is 1. The number of hydrogen-bond donors (Lipinski definition) is 1. The van der Waals surface area contributed by atoms with Gasteiger partial charge in [-0.15, -0.1) is 0 Å². The summed E-state index contributed by atoms with van der Waals surface area (Å²) in [5.74, 6) is 0. The molecule has 2 rings (SSSR count). The first-order valence-corrected chi connectivity index (χ1v) is 10.5. The van der Waals surface area contributed by atoms with Gasteiger partial charge in [0, 0.05) is 11.9 Å². The normalized spacial score (nSPS) is 12.1. The molecule has 2 aromatic carbocycles. The summed E-state index contributed by atoms with van der Waals surface area (Å²) >= 11 is 0. The topological polar surface area (TPSA) is 80.3 Å². The van der Waals surface area contributed by atoms with E-state index < -0.39 is 19.9 Å². The summed E-state index contributed by atoms with van der Waals surface area (Å²) in [6.07, 6.45) is 3.05. The third-order valence-corrected chi connectivity index (χ3v) is 5.83. The Morgan fingerprint density at radius 2 is 1.35 bits per heavy atom. The zero-order valence-corrected chi connectivity index (χ0v) is 14.6. The molecule has 0 saturated heterocycles. The number of rotatable bonds is 6. The molecule has 5 nitrogen and oxygen atoms in total. The lowest BCUT2D eigenvalue weighted by Crippen LogP contribution is -2.13. The molecule has 0 spiro atoms. The van der Waals surface area contributed by atoms with Crippen LogP contribution in [0.2, 0.25) is 0 Å². The fourth-order valence-corrected chi connectivity index (χ4v) is 3.80. The summed E-state index contributed by atoms with van der Waals surface area (Å²) in [6, 6.07) is 12.3. The highest BCUT2D eigenvalue weighted by Crippen LogP contribution is 2.19. The Bertz CT molecular complexity index is 869. The van der Waals surface area contributed by atoms with E-state index >= 15 is 0 Å². The molecule has 0 radical (unpaired) electrons. The molecule has 23 heavy (non-hydrogen) atoms. The van der Waals surface area contributed by atoms with Crippen LogP contribution in [0.15, 0.2) is 58.3 Å². The van der Waals surface area contributed by atoms with E-state index in [1.165, 1.54) is 24.3 Å².